The second kappa shape index (κ2) is 6.54. The van der Waals surface area contributed by atoms with E-state index >= 15 is 0 Å². The Morgan fingerprint density at radius 1 is 1.23 bits per heavy atom. The Morgan fingerprint density at radius 2 is 1.95 bits per heavy atom. The summed E-state index contributed by atoms with van der Waals surface area (Å²) in [7, 11) is -4.09. The lowest BCUT2D eigenvalue weighted by atomic mass is 10.4. The molecule has 0 radical (unpaired) electrons. The van der Waals surface area contributed by atoms with Gasteiger partial charge in [-0.1, -0.05) is 23.7 Å². The molecular formula is C11H11ClN6O3S. The summed E-state index contributed by atoms with van der Waals surface area (Å²) >= 11 is 5.79. The van der Waals surface area contributed by atoms with Gasteiger partial charge in [-0.3, -0.25) is 5.43 Å². The molecule has 0 unspecified atom stereocenters. The summed E-state index contributed by atoms with van der Waals surface area (Å²) in [5.74, 6) is 0.0101. The Labute approximate surface area is 131 Å². The first kappa shape index (κ1) is 15.9. The van der Waals surface area contributed by atoms with E-state index in [1.807, 2.05) is 0 Å². The van der Waals surface area contributed by atoms with E-state index in [1.165, 1.54) is 24.4 Å². The maximum Gasteiger partial charge on any atom is 0.347 e. The zero-order valence-corrected chi connectivity index (χ0v) is 12.8. The molecule has 116 valence electrons. The van der Waals surface area contributed by atoms with Crippen molar-refractivity contribution in [2.24, 2.45) is 0 Å². The van der Waals surface area contributed by atoms with Crippen LogP contribution < -0.4 is 15.6 Å². The summed E-state index contributed by atoms with van der Waals surface area (Å²) in [6.07, 6.45) is 1.43. The summed E-state index contributed by atoms with van der Waals surface area (Å²) in [6, 6.07) is 4.72. The molecule has 0 saturated heterocycles. The van der Waals surface area contributed by atoms with Crippen molar-refractivity contribution in [2.45, 2.75) is 11.8 Å². The molecule has 0 aliphatic carbocycles. The number of hydrogen-bond donors (Lipinski definition) is 3. The van der Waals surface area contributed by atoms with Crippen LogP contribution in [0.25, 0.3) is 0 Å². The summed E-state index contributed by atoms with van der Waals surface area (Å²) in [5, 5.41) is 7.34. The van der Waals surface area contributed by atoms with E-state index in [0.717, 1.165) is 0 Å². The molecule has 0 aliphatic rings. The topological polar surface area (TPSA) is 126 Å². The van der Waals surface area contributed by atoms with Gasteiger partial charge in [-0.2, -0.15) is 5.10 Å². The first-order valence-corrected chi connectivity index (χ1v) is 7.74. The highest BCUT2D eigenvalue weighted by atomic mass is 35.5. The second-order valence-electron chi connectivity index (χ2n) is 4.04. The zero-order valence-electron chi connectivity index (χ0n) is 11.2. The number of sulfonamides is 1. The van der Waals surface area contributed by atoms with E-state index in [9.17, 15) is 13.2 Å². The van der Waals surface area contributed by atoms with E-state index in [0.29, 0.717) is 5.69 Å². The third-order valence-electron chi connectivity index (χ3n) is 2.32. The fraction of sp³-hybridized carbons (Fsp3) is 0.0909. The molecule has 1 heterocycles. The lowest BCUT2D eigenvalue weighted by Gasteiger charge is -2.10. The molecule has 0 fully saturated rings. The van der Waals surface area contributed by atoms with Crippen LogP contribution in [-0.4, -0.2) is 29.6 Å². The van der Waals surface area contributed by atoms with Crippen LogP contribution in [-0.2, 0) is 10.0 Å². The summed E-state index contributed by atoms with van der Waals surface area (Å²) in [6.45, 7) is 1.69. The van der Waals surface area contributed by atoms with Crippen molar-refractivity contribution >= 4 is 33.6 Å². The Kier molecular flexibility index (Phi) is 4.73. The molecule has 2 amide bonds. The van der Waals surface area contributed by atoms with Gasteiger partial charge in [-0.25, -0.2) is 28.3 Å². The molecular weight excluding hydrogens is 332 g/mol. The van der Waals surface area contributed by atoms with E-state index in [1.54, 1.807) is 17.7 Å². The average molecular weight is 343 g/mol. The van der Waals surface area contributed by atoms with E-state index in [2.05, 4.69) is 26.0 Å². The Morgan fingerprint density at radius 3 is 2.59 bits per heavy atom. The van der Waals surface area contributed by atoms with Gasteiger partial charge in [-0.05, 0) is 19.1 Å². The summed E-state index contributed by atoms with van der Waals surface area (Å²) in [4.78, 5) is 15.2. The number of carbonyl (C=O) groups is 1. The largest absolute Gasteiger partial charge is 0.347 e. The van der Waals surface area contributed by atoms with Gasteiger partial charge in [0.1, 0.15) is 4.90 Å². The van der Waals surface area contributed by atoms with Gasteiger partial charge in [0.2, 0.25) is 0 Å². The molecule has 0 atom stereocenters. The van der Waals surface area contributed by atoms with Crippen molar-refractivity contribution in [3.8, 4) is 0 Å². The number of halogens is 1. The van der Waals surface area contributed by atoms with E-state index in [4.69, 9.17) is 11.6 Å². The van der Waals surface area contributed by atoms with Crippen LogP contribution in [0.3, 0.4) is 0 Å². The first-order valence-electron chi connectivity index (χ1n) is 5.88. The highest BCUT2D eigenvalue weighted by Gasteiger charge is 2.20. The molecule has 0 aliphatic heterocycles. The minimum Gasteiger partial charge on any atom is -0.263 e. The molecule has 0 spiro atoms. The Bertz CT molecular complexity index is 781. The van der Waals surface area contributed by atoms with Crippen molar-refractivity contribution in [1.29, 1.82) is 0 Å². The average Bonchev–Trinajstić information content (AvgIpc) is 2.46. The van der Waals surface area contributed by atoms with Crippen molar-refractivity contribution < 1.29 is 13.2 Å². The van der Waals surface area contributed by atoms with Crippen molar-refractivity contribution in [3.63, 3.8) is 0 Å². The summed E-state index contributed by atoms with van der Waals surface area (Å²) in [5.41, 5.74) is 4.99. The quantitative estimate of drug-likeness (QED) is 0.703. The third-order valence-corrected chi connectivity index (χ3v) is 4.15. The molecule has 1 aromatic carbocycles. The number of urea groups is 1. The van der Waals surface area contributed by atoms with Crippen LogP contribution >= 0.6 is 11.6 Å². The van der Waals surface area contributed by atoms with Crippen molar-refractivity contribution in [1.82, 2.24) is 25.3 Å². The minimum absolute atomic E-state index is 0.00169. The first-order chi connectivity index (χ1) is 10.4. The minimum atomic E-state index is -4.09. The number of aromatic nitrogens is 3. The summed E-state index contributed by atoms with van der Waals surface area (Å²) < 4.78 is 25.8. The van der Waals surface area contributed by atoms with Crippen LogP contribution in [0.1, 0.15) is 5.69 Å². The van der Waals surface area contributed by atoms with Gasteiger partial charge in [0.05, 0.1) is 16.9 Å². The number of nitrogens with one attached hydrogen (secondary N) is 3. The lowest BCUT2D eigenvalue weighted by Crippen LogP contribution is -2.42. The maximum absolute atomic E-state index is 12.0. The fourth-order valence-corrected chi connectivity index (χ4v) is 2.80. The van der Waals surface area contributed by atoms with Crippen molar-refractivity contribution in [3.05, 3.63) is 41.2 Å². The Balaban J connectivity index is 1.99. The highest BCUT2D eigenvalue weighted by Crippen LogP contribution is 2.19. The van der Waals surface area contributed by atoms with E-state index < -0.39 is 16.1 Å². The normalized spacial score (nSPS) is 10.8. The number of amides is 2. The number of hydrazine groups is 1. The highest BCUT2D eigenvalue weighted by molar-refractivity contribution is 7.90. The van der Waals surface area contributed by atoms with Gasteiger partial charge in [-0.15, -0.1) is 5.10 Å². The molecule has 9 nitrogen and oxygen atoms in total. The maximum atomic E-state index is 12.0. The van der Waals surface area contributed by atoms with Gasteiger partial charge in [0, 0.05) is 0 Å². The molecule has 0 saturated carbocycles. The molecule has 0 bridgehead atoms. The number of nitrogens with zero attached hydrogens (tertiary/aromatic N) is 3. The van der Waals surface area contributed by atoms with Crippen molar-refractivity contribution in [2.75, 3.05) is 5.43 Å². The van der Waals surface area contributed by atoms with Gasteiger partial charge < -0.3 is 0 Å². The molecule has 2 rings (SSSR count). The van der Waals surface area contributed by atoms with E-state index in [-0.39, 0.29) is 15.9 Å². The molecule has 2 aromatic rings. The number of carbonyl (C=O) groups excluding carboxylic acids is 1. The number of rotatable bonds is 4. The SMILES string of the molecule is Cc1cnc(NNC(=O)NS(=O)(=O)c2ccccc2Cl)nn1. The lowest BCUT2D eigenvalue weighted by molar-refractivity contribution is 0.247. The fourth-order valence-electron chi connectivity index (χ4n) is 1.37. The smallest absolute Gasteiger partial charge is 0.263 e. The number of benzene rings is 1. The predicted octanol–water partition coefficient (Wildman–Crippen LogP) is 0.848. The van der Waals surface area contributed by atoms with Gasteiger partial charge in [0.15, 0.2) is 0 Å². The predicted molar refractivity (Wildman–Crippen MR) is 78.5 cm³/mol. The molecule has 22 heavy (non-hydrogen) atoms. The van der Waals surface area contributed by atoms with Crippen LogP contribution in [0.15, 0.2) is 35.4 Å². The van der Waals surface area contributed by atoms with Crippen LogP contribution in [0.2, 0.25) is 5.02 Å². The number of hydrogen-bond acceptors (Lipinski definition) is 7. The second-order valence-corrected chi connectivity index (χ2v) is 6.10. The van der Waals surface area contributed by atoms with Gasteiger partial charge in [0.25, 0.3) is 16.0 Å². The molecule has 1 aromatic heterocycles. The standard InChI is InChI=1S/C11H11ClN6O3S/c1-7-6-13-10(15-14-7)16-17-11(19)18-22(20,21)9-5-3-2-4-8(9)12/h2-6H,1H3,(H,13,15,16)(H2,17,18,19). The zero-order chi connectivity index (χ0) is 16.2. The molecule has 11 heteroatoms. The Hall–Kier alpha value is -2.46. The third kappa shape index (κ3) is 4.02. The monoisotopic (exact) mass is 342 g/mol. The van der Waals surface area contributed by atoms with Crippen LogP contribution in [0, 0.1) is 6.92 Å². The molecule has 3 N–H and O–H groups in total. The van der Waals surface area contributed by atoms with Crippen LogP contribution in [0.5, 0.6) is 0 Å². The van der Waals surface area contributed by atoms with Gasteiger partial charge >= 0.3 is 6.03 Å². The number of aryl methyl sites for hydroxylation is 1. The van der Waals surface area contributed by atoms with Crippen LogP contribution in [0.4, 0.5) is 10.7 Å². The number of anilines is 1.